The van der Waals surface area contributed by atoms with Gasteiger partial charge in [-0.25, -0.2) is 0 Å². The molecule has 0 saturated carbocycles. The molecule has 1 N–H and O–H groups in total. The van der Waals surface area contributed by atoms with Gasteiger partial charge in [0.1, 0.15) is 0 Å². The van der Waals surface area contributed by atoms with Crippen LogP contribution in [0.1, 0.15) is 37.8 Å². The van der Waals surface area contributed by atoms with Crippen molar-refractivity contribution < 1.29 is 14.6 Å². The van der Waals surface area contributed by atoms with Crippen LogP contribution in [0.3, 0.4) is 0 Å². The first-order valence-corrected chi connectivity index (χ1v) is 10.1. The van der Waals surface area contributed by atoms with E-state index in [1.807, 2.05) is 12.1 Å². The van der Waals surface area contributed by atoms with Gasteiger partial charge in [0.15, 0.2) is 11.5 Å². The lowest BCUT2D eigenvalue weighted by Crippen LogP contribution is -2.02. The predicted molar refractivity (Wildman–Crippen MR) is 113 cm³/mol. The lowest BCUT2D eigenvalue weighted by atomic mass is 9.93. The molecular weight excluding hydrogens is 348 g/mol. The van der Waals surface area contributed by atoms with Crippen LogP contribution >= 0.6 is 0 Å². The van der Waals surface area contributed by atoms with E-state index in [9.17, 15) is 5.11 Å². The summed E-state index contributed by atoms with van der Waals surface area (Å²) in [5, 5.41) is 11.1. The molecule has 3 aromatic rings. The average Bonchev–Trinajstić information content (AvgIpc) is 3.10. The van der Waals surface area contributed by atoms with E-state index >= 15 is 0 Å². The molecule has 4 rings (SSSR count). The van der Waals surface area contributed by atoms with E-state index in [1.54, 1.807) is 0 Å². The fraction of sp³-hybridized carbons (Fsp3) is 0.280. The van der Waals surface area contributed by atoms with Gasteiger partial charge in [-0.2, -0.15) is 0 Å². The fourth-order valence-corrected chi connectivity index (χ4v) is 3.85. The average molecular weight is 374 g/mol. The Labute approximate surface area is 166 Å². The molecule has 0 spiro atoms. The first kappa shape index (κ1) is 18.4. The van der Waals surface area contributed by atoms with Gasteiger partial charge >= 0.3 is 0 Å². The zero-order valence-electron chi connectivity index (χ0n) is 16.5. The van der Waals surface area contributed by atoms with Crippen LogP contribution in [0.15, 0.2) is 54.6 Å². The lowest BCUT2D eigenvalue weighted by Gasteiger charge is -2.18. The Morgan fingerprint density at radius 2 is 1.46 bits per heavy atom. The number of phenolic OH excluding ortho intramolecular Hbond substituents is 1. The highest BCUT2D eigenvalue weighted by atomic mass is 16.5. The van der Waals surface area contributed by atoms with Crippen molar-refractivity contribution in [3.05, 3.63) is 65.7 Å². The number of aromatic hydroxyl groups is 1. The first-order valence-electron chi connectivity index (χ1n) is 10.1. The van der Waals surface area contributed by atoms with Gasteiger partial charge in [-0.05, 0) is 59.2 Å². The van der Waals surface area contributed by atoms with Gasteiger partial charge in [0.05, 0.1) is 13.2 Å². The molecule has 3 aromatic carbocycles. The minimum atomic E-state index is 0.153. The maximum absolute atomic E-state index is 11.1. The molecular formula is C25H26O3. The number of phenols is 1. The fourth-order valence-electron chi connectivity index (χ4n) is 3.85. The molecule has 28 heavy (non-hydrogen) atoms. The van der Waals surface area contributed by atoms with Gasteiger partial charge in [-0.1, -0.05) is 56.3 Å². The molecule has 0 unspecified atom stereocenters. The molecule has 0 fully saturated rings. The van der Waals surface area contributed by atoms with Crippen molar-refractivity contribution in [1.29, 1.82) is 0 Å². The number of ether oxygens (including phenoxy) is 2. The summed E-state index contributed by atoms with van der Waals surface area (Å²) >= 11 is 0. The van der Waals surface area contributed by atoms with E-state index < -0.39 is 0 Å². The van der Waals surface area contributed by atoms with Crippen molar-refractivity contribution in [1.82, 2.24) is 0 Å². The third-order valence-corrected chi connectivity index (χ3v) is 5.12. The summed E-state index contributed by atoms with van der Waals surface area (Å²) in [6, 6.07) is 18.7. The summed E-state index contributed by atoms with van der Waals surface area (Å²) in [6.45, 7) is 5.24. The summed E-state index contributed by atoms with van der Waals surface area (Å²) in [7, 11) is 0. The zero-order chi connectivity index (χ0) is 19.5. The van der Waals surface area contributed by atoms with Gasteiger partial charge in [-0.15, -0.1) is 0 Å². The maximum Gasteiger partial charge on any atom is 0.203 e. The summed E-state index contributed by atoms with van der Waals surface area (Å²) in [4.78, 5) is 0. The number of rotatable bonds is 7. The van der Waals surface area contributed by atoms with Gasteiger partial charge in [0, 0.05) is 5.56 Å². The van der Waals surface area contributed by atoms with Crippen LogP contribution in [-0.4, -0.2) is 18.3 Å². The Morgan fingerprint density at radius 3 is 2.29 bits per heavy atom. The largest absolute Gasteiger partial charge is 0.504 e. The third kappa shape index (κ3) is 3.22. The van der Waals surface area contributed by atoms with Crippen molar-refractivity contribution in [3.63, 3.8) is 0 Å². The molecule has 0 radical (unpaired) electrons. The van der Waals surface area contributed by atoms with E-state index in [1.165, 1.54) is 22.3 Å². The van der Waals surface area contributed by atoms with E-state index in [2.05, 4.69) is 56.3 Å². The van der Waals surface area contributed by atoms with Crippen molar-refractivity contribution >= 4 is 0 Å². The highest BCUT2D eigenvalue weighted by molar-refractivity contribution is 5.92. The van der Waals surface area contributed by atoms with Crippen LogP contribution in [0.4, 0.5) is 0 Å². The number of hydrogen-bond acceptors (Lipinski definition) is 3. The van der Waals surface area contributed by atoms with Crippen molar-refractivity contribution in [2.45, 2.75) is 33.1 Å². The Hall–Kier alpha value is -2.94. The van der Waals surface area contributed by atoms with Crippen LogP contribution in [-0.2, 0) is 6.42 Å². The topological polar surface area (TPSA) is 38.7 Å². The van der Waals surface area contributed by atoms with Crippen LogP contribution in [0.5, 0.6) is 17.2 Å². The Bertz CT molecular complexity index is 991. The number of hydrogen-bond donors (Lipinski definition) is 1. The van der Waals surface area contributed by atoms with E-state index in [0.717, 1.165) is 30.4 Å². The Balaban J connectivity index is 1.85. The minimum absolute atomic E-state index is 0.153. The van der Waals surface area contributed by atoms with E-state index in [0.29, 0.717) is 24.7 Å². The molecule has 3 nitrogen and oxygen atoms in total. The lowest BCUT2D eigenvalue weighted by molar-refractivity contribution is 0.258. The number of benzene rings is 3. The zero-order valence-corrected chi connectivity index (χ0v) is 16.5. The van der Waals surface area contributed by atoms with E-state index in [-0.39, 0.29) is 5.75 Å². The van der Waals surface area contributed by atoms with Crippen molar-refractivity contribution in [2.75, 3.05) is 13.2 Å². The quantitative estimate of drug-likeness (QED) is 0.418. The number of fused-ring (bicyclic) bond motifs is 3. The van der Waals surface area contributed by atoms with Gasteiger partial charge in [0.25, 0.3) is 0 Å². The van der Waals surface area contributed by atoms with Gasteiger partial charge < -0.3 is 14.6 Å². The SMILES string of the molecule is CCCOc1ccc(-c2cccc3c2-c2ccccc2C3)c(O)c1OCCC. The van der Waals surface area contributed by atoms with Crippen LogP contribution in [0, 0.1) is 0 Å². The van der Waals surface area contributed by atoms with Gasteiger partial charge in [-0.3, -0.25) is 0 Å². The first-order chi connectivity index (χ1) is 13.7. The van der Waals surface area contributed by atoms with Crippen LogP contribution in [0.2, 0.25) is 0 Å². The molecule has 144 valence electrons. The van der Waals surface area contributed by atoms with Crippen molar-refractivity contribution in [2.24, 2.45) is 0 Å². The molecule has 0 bridgehead atoms. The molecule has 1 aliphatic carbocycles. The molecule has 0 saturated heterocycles. The molecule has 0 aliphatic heterocycles. The van der Waals surface area contributed by atoms with Gasteiger partial charge in [0.2, 0.25) is 5.75 Å². The standard InChI is InChI=1S/C25H26O3/c1-3-14-27-22-13-12-21(24(26)25(22)28-15-4-2)20-11-7-9-18-16-17-8-5-6-10-19(17)23(18)20/h5-13,26H,3-4,14-16H2,1-2H3. The molecule has 0 heterocycles. The second kappa shape index (κ2) is 7.97. The molecule has 3 heteroatoms. The summed E-state index contributed by atoms with van der Waals surface area (Å²) in [5.74, 6) is 1.20. The van der Waals surface area contributed by atoms with E-state index in [4.69, 9.17) is 9.47 Å². The monoisotopic (exact) mass is 374 g/mol. The summed E-state index contributed by atoms with van der Waals surface area (Å²) in [6.07, 6.45) is 2.70. The second-order valence-electron chi connectivity index (χ2n) is 7.16. The maximum atomic E-state index is 11.1. The molecule has 0 atom stereocenters. The predicted octanol–water partition coefficient (Wildman–Crippen LogP) is 6.21. The second-order valence-corrected chi connectivity index (χ2v) is 7.16. The van der Waals surface area contributed by atoms with Crippen LogP contribution in [0.25, 0.3) is 22.3 Å². The summed E-state index contributed by atoms with van der Waals surface area (Å²) < 4.78 is 11.7. The highest BCUT2D eigenvalue weighted by Crippen LogP contribution is 2.49. The Morgan fingerprint density at radius 1 is 0.750 bits per heavy atom. The normalized spacial score (nSPS) is 11.8. The molecule has 0 aromatic heterocycles. The minimum Gasteiger partial charge on any atom is -0.504 e. The smallest absolute Gasteiger partial charge is 0.203 e. The summed E-state index contributed by atoms with van der Waals surface area (Å²) in [5.41, 5.74) is 6.88. The third-order valence-electron chi connectivity index (χ3n) is 5.12. The Kier molecular flexibility index (Phi) is 5.25. The van der Waals surface area contributed by atoms with Crippen LogP contribution < -0.4 is 9.47 Å². The van der Waals surface area contributed by atoms with Crippen molar-refractivity contribution in [3.8, 4) is 39.5 Å². The molecule has 1 aliphatic rings. The highest BCUT2D eigenvalue weighted by Gasteiger charge is 2.24. The molecule has 0 amide bonds.